The summed E-state index contributed by atoms with van der Waals surface area (Å²) in [5.74, 6) is -1.37. The second kappa shape index (κ2) is 9.18. The van der Waals surface area contributed by atoms with E-state index in [0.29, 0.717) is 12.8 Å². The molecule has 0 atom stereocenters. The molecule has 2 aromatic carbocycles. The highest BCUT2D eigenvalue weighted by molar-refractivity contribution is 6.33. The van der Waals surface area contributed by atoms with Crippen molar-refractivity contribution in [3.05, 3.63) is 70.0 Å². The number of carbonyl (C=O) groups is 2. The van der Waals surface area contributed by atoms with Crippen molar-refractivity contribution in [2.75, 3.05) is 13.1 Å². The molecule has 0 aliphatic carbocycles. The van der Waals surface area contributed by atoms with Crippen molar-refractivity contribution in [1.82, 2.24) is 10.6 Å². The number of hydrogen-bond acceptors (Lipinski definition) is 2. The Bertz CT molecular complexity index is 727. The minimum Gasteiger partial charge on any atom is -0.354 e. The third kappa shape index (κ3) is 5.87. The number of amides is 2. The van der Waals surface area contributed by atoms with Gasteiger partial charge in [-0.15, -0.1) is 0 Å². The fourth-order valence-electron chi connectivity index (χ4n) is 2.28. The normalized spacial score (nSPS) is 10.4. The Hall–Kier alpha value is -2.40. The van der Waals surface area contributed by atoms with Gasteiger partial charge < -0.3 is 10.6 Å². The molecule has 0 saturated carbocycles. The monoisotopic (exact) mass is 362 g/mol. The zero-order chi connectivity index (χ0) is 18.2. The zero-order valence-corrected chi connectivity index (χ0v) is 14.7. The van der Waals surface area contributed by atoms with Crippen molar-refractivity contribution in [1.29, 1.82) is 0 Å². The summed E-state index contributed by atoms with van der Waals surface area (Å²) in [5.41, 5.74) is 2.09. The molecule has 0 unspecified atom stereocenters. The summed E-state index contributed by atoms with van der Waals surface area (Å²) in [4.78, 5) is 23.7. The first kappa shape index (κ1) is 18.9. The van der Waals surface area contributed by atoms with Gasteiger partial charge in [-0.2, -0.15) is 0 Å². The van der Waals surface area contributed by atoms with Crippen molar-refractivity contribution < 1.29 is 14.0 Å². The van der Waals surface area contributed by atoms with Crippen LogP contribution in [-0.2, 0) is 11.2 Å². The Labute approximate surface area is 151 Å². The zero-order valence-electron chi connectivity index (χ0n) is 13.9. The molecule has 2 aromatic rings. The van der Waals surface area contributed by atoms with Gasteiger partial charge in [0.25, 0.3) is 5.91 Å². The largest absolute Gasteiger partial charge is 0.354 e. The molecule has 0 spiro atoms. The molecule has 0 aliphatic heterocycles. The van der Waals surface area contributed by atoms with Crippen molar-refractivity contribution in [2.24, 2.45) is 0 Å². The van der Waals surface area contributed by atoms with Gasteiger partial charge in [-0.05, 0) is 31.0 Å². The lowest BCUT2D eigenvalue weighted by Crippen LogP contribution is -2.35. The van der Waals surface area contributed by atoms with Crippen LogP contribution in [0.4, 0.5) is 4.39 Å². The smallest absolute Gasteiger partial charge is 0.255 e. The van der Waals surface area contributed by atoms with Crippen LogP contribution in [0.5, 0.6) is 0 Å². The van der Waals surface area contributed by atoms with Gasteiger partial charge in [-0.1, -0.05) is 47.5 Å². The van der Waals surface area contributed by atoms with E-state index in [4.69, 9.17) is 11.6 Å². The molecular formula is C19H20ClFN2O2. The number of rotatable bonds is 7. The summed E-state index contributed by atoms with van der Waals surface area (Å²) in [6, 6.07) is 12.1. The van der Waals surface area contributed by atoms with Crippen LogP contribution in [0.25, 0.3) is 0 Å². The minimum absolute atomic E-state index is 0.0552. The van der Waals surface area contributed by atoms with Crippen LogP contribution < -0.4 is 10.6 Å². The van der Waals surface area contributed by atoms with Crippen LogP contribution in [0, 0.1) is 12.7 Å². The van der Waals surface area contributed by atoms with E-state index in [-0.39, 0.29) is 29.6 Å². The predicted octanol–water partition coefficient (Wildman–Crippen LogP) is 3.27. The van der Waals surface area contributed by atoms with E-state index in [1.165, 1.54) is 23.8 Å². The molecule has 2 amide bonds. The van der Waals surface area contributed by atoms with Gasteiger partial charge in [-0.3, -0.25) is 9.59 Å². The molecule has 0 fully saturated rings. The lowest BCUT2D eigenvalue weighted by atomic mass is 10.1. The second-order valence-electron chi connectivity index (χ2n) is 5.69. The van der Waals surface area contributed by atoms with E-state index in [1.54, 1.807) is 0 Å². The van der Waals surface area contributed by atoms with Gasteiger partial charge in [0.1, 0.15) is 5.82 Å². The Balaban J connectivity index is 1.69. The number of aryl methyl sites for hydroxylation is 2. The van der Waals surface area contributed by atoms with Crippen LogP contribution in [0.2, 0.25) is 5.02 Å². The first-order valence-electron chi connectivity index (χ1n) is 8.02. The Morgan fingerprint density at radius 3 is 2.40 bits per heavy atom. The first-order valence-corrected chi connectivity index (χ1v) is 8.39. The van der Waals surface area contributed by atoms with Gasteiger partial charge in [-0.25, -0.2) is 4.39 Å². The van der Waals surface area contributed by atoms with Crippen molar-refractivity contribution in [3.8, 4) is 0 Å². The number of carbonyl (C=O) groups excluding carboxylic acids is 2. The van der Waals surface area contributed by atoms with Gasteiger partial charge in [0.2, 0.25) is 5.91 Å². The van der Waals surface area contributed by atoms with Crippen molar-refractivity contribution in [2.45, 2.75) is 19.8 Å². The minimum atomic E-state index is -0.674. The summed E-state index contributed by atoms with van der Waals surface area (Å²) in [5, 5.41) is 5.31. The van der Waals surface area contributed by atoms with Gasteiger partial charge in [0.05, 0.1) is 10.6 Å². The van der Waals surface area contributed by atoms with Crippen LogP contribution in [-0.4, -0.2) is 24.9 Å². The highest BCUT2D eigenvalue weighted by Crippen LogP contribution is 2.18. The molecule has 6 heteroatoms. The van der Waals surface area contributed by atoms with E-state index in [2.05, 4.69) is 10.6 Å². The Morgan fingerprint density at radius 2 is 1.72 bits per heavy atom. The molecule has 0 bridgehead atoms. The molecule has 2 N–H and O–H groups in total. The molecule has 4 nitrogen and oxygen atoms in total. The van der Waals surface area contributed by atoms with Gasteiger partial charge >= 0.3 is 0 Å². The molecule has 25 heavy (non-hydrogen) atoms. The predicted molar refractivity (Wildman–Crippen MR) is 96.3 cm³/mol. The van der Waals surface area contributed by atoms with E-state index in [0.717, 1.165) is 5.56 Å². The summed E-state index contributed by atoms with van der Waals surface area (Å²) in [6.07, 6.45) is 1.03. The summed E-state index contributed by atoms with van der Waals surface area (Å²) >= 11 is 5.83. The highest BCUT2D eigenvalue weighted by atomic mass is 35.5. The third-order valence-electron chi connectivity index (χ3n) is 3.68. The highest BCUT2D eigenvalue weighted by Gasteiger charge is 2.15. The van der Waals surface area contributed by atoms with Gasteiger partial charge in [0, 0.05) is 19.5 Å². The third-order valence-corrected chi connectivity index (χ3v) is 4.00. The molecule has 132 valence electrons. The number of halogens is 2. The fourth-order valence-corrected chi connectivity index (χ4v) is 2.53. The van der Waals surface area contributed by atoms with Gasteiger partial charge in [0.15, 0.2) is 0 Å². The lowest BCUT2D eigenvalue weighted by molar-refractivity contribution is -0.121. The number of benzene rings is 2. The van der Waals surface area contributed by atoms with Crippen molar-refractivity contribution >= 4 is 23.4 Å². The maximum Gasteiger partial charge on any atom is 0.255 e. The molecule has 2 rings (SSSR count). The Kier molecular flexibility index (Phi) is 6.95. The summed E-state index contributed by atoms with van der Waals surface area (Å²) in [7, 11) is 0. The van der Waals surface area contributed by atoms with Crippen LogP contribution in [0.15, 0.2) is 42.5 Å². The number of nitrogens with one attached hydrogen (secondary N) is 2. The quantitative estimate of drug-likeness (QED) is 0.743. The SMILES string of the molecule is Cc1ccc(CCC(=O)NCCNC(=O)c2c(F)cccc2Cl)cc1. The number of hydrogen-bond donors (Lipinski definition) is 2. The molecular weight excluding hydrogens is 343 g/mol. The average molecular weight is 363 g/mol. The van der Waals surface area contributed by atoms with E-state index in [9.17, 15) is 14.0 Å². The maximum absolute atomic E-state index is 13.6. The van der Waals surface area contributed by atoms with E-state index >= 15 is 0 Å². The molecule has 0 aliphatic rings. The molecule has 0 saturated heterocycles. The molecule has 0 radical (unpaired) electrons. The fraction of sp³-hybridized carbons (Fsp3) is 0.263. The maximum atomic E-state index is 13.6. The standard InChI is InChI=1S/C19H20ClFN2O2/c1-13-5-7-14(8-6-13)9-10-17(24)22-11-12-23-19(25)18-15(20)3-2-4-16(18)21/h2-8H,9-12H2,1H3,(H,22,24)(H,23,25). The summed E-state index contributed by atoms with van der Waals surface area (Å²) in [6.45, 7) is 2.48. The van der Waals surface area contributed by atoms with Crippen LogP contribution >= 0.6 is 11.6 Å². The van der Waals surface area contributed by atoms with Crippen molar-refractivity contribution in [3.63, 3.8) is 0 Å². The van der Waals surface area contributed by atoms with E-state index in [1.807, 2.05) is 31.2 Å². The molecule has 0 aromatic heterocycles. The second-order valence-corrected chi connectivity index (χ2v) is 6.10. The Morgan fingerprint density at radius 1 is 1.04 bits per heavy atom. The topological polar surface area (TPSA) is 58.2 Å². The van der Waals surface area contributed by atoms with Crippen LogP contribution in [0.1, 0.15) is 27.9 Å². The lowest BCUT2D eigenvalue weighted by Gasteiger charge is -2.09. The van der Waals surface area contributed by atoms with E-state index < -0.39 is 11.7 Å². The first-order chi connectivity index (χ1) is 12.0. The van der Waals surface area contributed by atoms with Crippen LogP contribution in [0.3, 0.4) is 0 Å². The average Bonchev–Trinajstić information content (AvgIpc) is 2.58. The molecule has 0 heterocycles. The summed E-state index contributed by atoms with van der Waals surface area (Å²) < 4.78 is 13.6.